The van der Waals surface area contributed by atoms with Crippen molar-refractivity contribution in [2.75, 3.05) is 6.61 Å². The van der Waals surface area contributed by atoms with Crippen molar-refractivity contribution in [1.82, 2.24) is 0 Å². The molecule has 0 aliphatic carbocycles. The summed E-state index contributed by atoms with van der Waals surface area (Å²) >= 11 is 5.74. The first-order chi connectivity index (χ1) is 6.68. The van der Waals surface area contributed by atoms with Crippen molar-refractivity contribution >= 4 is 11.6 Å². The first-order valence-corrected chi connectivity index (χ1v) is 5.20. The van der Waals surface area contributed by atoms with Crippen LogP contribution in [-0.4, -0.2) is 12.6 Å². The molecule has 0 heterocycles. The monoisotopic (exact) mass is 213 g/mol. The molecule has 0 saturated carbocycles. The molecule has 0 bridgehead atoms. The van der Waals surface area contributed by atoms with Crippen LogP contribution in [0.5, 0.6) is 5.75 Å². The molecule has 2 N–H and O–H groups in total. The molecule has 14 heavy (non-hydrogen) atoms. The minimum Gasteiger partial charge on any atom is -0.494 e. The molecule has 1 aromatic carbocycles. The summed E-state index contributed by atoms with van der Waals surface area (Å²) < 4.78 is 5.50. The Hall–Kier alpha value is -0.730. The SMILES string of the molecule is CC(N)CCCOc1ccc(Cl)cc1. The lowest BCUT2D eigenvalue weighted by molar-refractivity contribution is 0.303. The average molecular weight is 214 g/mol. The number of hydrogen-bond donors (Lipinski definition) is 1. The normalized spacial score (nSPS) is 12.5. The van der Waals surface area contributed by atoms with Gasteiger partial charge in [0.1, 0.15) is 5.75 Å². The number of ether oxygens (including phenoxy) is 1. The molecule has 0 aliphatic rings. The molecule has 0 fully saturated rings. The van der Waals surface area contributed by atoms with Gasteiger partial charge in [0.05, 0.1) is 6.61 Å². The van der Waals surface area contributed by atoms with Gasteiger partial charge >= 0.3 is 0 Å². The highest BCUT2D eigenvalue weighted by Crippen LogP contribution is 2.15. The molecule has 0 spiro atoms. The first kappa shape index (κ1) is 11.3. The quantitative estimate of drug-likeness (QED) is 0.764. The van der Waals surface area contributed by atoms with Crippen LogP contribution >= 0.6 is 11.6 Å². The minimum atomic E-state index is 0.254. The van der Waals surface area contributed by atoms with E-state index in [0.29, 0.717) is 6.61 Å². The number of nitrogens with two attached hydrogens (primary N) is 1. The summed E-state index contributed by atoms with van der Waals surface area (Å²) in [6.07, 6.45) is 1.98. The predicted octanol–water partition coefficient (Wildman–Crippen LogP) is 2.85. The fourth-order valence-electron chi connectivity index (χ4n) is 1.13. The smallest absolute Gasteiger partial charge is 0.119 e. The van der Waals surface area contributed by atoms with Crippen molar-refractivity contribution in [3.63, 3.8) is 0 Å². The summed E-state index contributed by atoms with van der Waals surface area (Å²) in [6.45, 7) is 2.71. The number of benzene rings is 1. The third-order valence-corrected chi connectivity index (χ3v) is 2.14. The highest BCUT2D eigenvalue weighted by atomic mass is 35.5. The lowest BCUT2D eigenvalue weighted by atomic mass is 10.2. The van der Waals surface area contributed by atoms with Crippen LogP contribution < -0.4 is 10.5 Å². The lowest BCUT2D eigenvalue weighted by Crippen LogP contribution is -2.15. The maximum absolute atomic E-state index is 5.74. The van der Waals surface area contributed by atoms with Crippen molar-refractivity contribution in [3.8, 4) is 5.75 Å². The van der Waals surface area contributed by atoms with Crippen LogP contribution in [0.25, 0.3) is 0 Å². The van der Waals surface area contributed by atoms with Crippen molar-refractivity contribution in [1.29, 1.82) is 0 Å². The van der Waals surface area contributed by atoms with Gasteiger partial charge in [0, 0.05) is 11.1 Å². The Kier molecular flexibility index (Phi) is 4.77. The van der Waals surface area contributed by atoms with Crippen molar-refractivity contribution in [2.24, 2.45) is 5.73 Å². The van der Waals surface area contributed by atoms with Gasteiger partial charge in [-0.1, -0.05) is 11.6 Å². The van der Waals surface area contributed by atoms with Gasteiger partial charge < -0.3 is 10.5 Å². The van der Waals surface area contributed by atoms with Crippen LogP contribution in [0.15, 0.2) is 24.3 Å². The van der Waals surface area contributed by atoms with Gasteiger partial charge in [-0.3, -0.25) is 0 Å². The lowest BCUT2D eigenvalue weighted by Gasteiger charge is -2.07. The van der Waals surface area contributed by atoms with Crippen molar-refractivity contribution in [2.45, 2.75) is 25.8 Å². The highest BCUT2D eigenvalue weighted by Gasteiger charge is 1.96. The maximum Gasteiger partial charge on any atom is 0.119 e. The summed E-state index contributed by atoms with van der Waals surface area (Å²) in [5.74, 6) is 0.860. The summed E-state index contributed by atoms with van der Waals surface area (Å²) in [6, 6.07) is 7.64. The summed E-state index contributed by atoms with van der Waals surface area (Å²) in [7, 11) is 0. The van der Waals surface area contributed by atoms with Gasteiger partial charge in [0.25, 0.3) is 0 Å². The van der Waals surface area contributed by atoms with Gasteiger partial charge in [-0.25, -0.2) is 0 Å². The van der Waals surface area contributed by atoms with Crippen LogP contribution in [0.1, 0.15) is 19.8 Å². The zero-order valence-corrected chi connectivity index (χ0v) is 9.13. The van der Waals surface area contributed by atoms with Gasteiger partial charge in [0.2, 0.25) is 0 Å². The molecule has 0 aliphatic heterocycles. The van der Waals surface area contributed by atoms with E-state index in [1.54, 1.807) is 0 Å². The molecule has 1 atom stereocenters. The molecular formula is C11H16ClNO. The Labute approximate surface area is 90.0 Å². The van der Waals surface area contributed by atoms with E-state index in [-0.39, 0.29) is 6.04 Å². The zero-order chi connectivity index (χ0) is 10.4. The zero-order valence-electron chi connectivity index (χ0n) is 8.37. The Balaban J connectivity index is 2.21. The molecule has 78 valence electrons. The topological polar surface area (TPSA) is 35.2 Å². The second-order valence-corrected chi connectivity index (χ2v) is 3.86. The van der Waals surface area contributed by atoms with Crippen LogP contribution in [0.2, 0.25) is 5.02 Å². The number of rotatable bonds is 5. The second-order valence-electron chi connectivity index (χ2n) is 3.42. The van der Waals surface area contributed by atoms with E-state index in [9.17, 15) is 0 Å². The molecule has 0 radical (unpaired) electrons. The largest absolute Gasteiger partial charge is 0.494 e. The third-order valence-electron chi connectivity index (χ3n) is 1.89. The fourth-order valence-corrected chi connectivity index (χ4v) is 1.25. The molecule has 0 amide bonds. The molecule has 0 aromatic heterocycles. The highest BCUT2D eigenvalue weighted by molar-refractivity contribution is 6.30. The molecular weight excluding hydrogens is 198 g/mol. The fraction of sp³-hybridized carbons (Fsp3) is 0.455. The second kappa shape index (κ2) is 5.89. The van der Waals surface area contributed by atoms with Crippen LogP contribution in [0.3, 0.4) is 0 Å². The third kappa shape index (κ3) is 4.49. The standard InChI is InChI=1S/C11H16ClNO/c1-9(13)3-2-8-14-11-6-4-10(12)5-7-11/h4-7,9H,2-3,8,13H2,1H3. The van der Waals surface area contributed by atoms with Crippen LogP contribution in [-0.2, 0) is 0 Å². The number of halogens is 1. The van der Waals surface area contributed by atoms with Crippen LogP contribution in [0, 0.1) is 0 Å². The minimum absolute atomic E-state index is 0.254. The summed E-state index contributed by atoms with van der Waals surface area (Å²) in [5.41, 5.74) is 5.62. The number of hydrogen-bond acceptors (Lipinski definition) is 2. The molecule has 1 unspecified atom stereocenters. The average Bonchev–Trinajstić information content (AvgIpc) is 2.15. The molecule has 3 heteroatoms. The first-order valence-electron chi connectivity index (χ1n) is 4.82. The van der Waals surface area contributed by atoms with Gasteiger partial charge in [-0.15, -0.1) is 0 Å². The Bertz CT molecular complexity index is 258. The van der Waals surface area contributed by atoms with E-state index < -0.39 is 0 Å². The Morgan fingerprint density at radius 3 is 2.57 bits per heavy atom. The van der Waals surface area contributed by atoms with E-state index in [2.05, 4.69) is 0 Å². The Morgan fingerprint density at radius 2 is 2.00 bits per heavy atom. The summed E-state index contributed by atoms with van der Waals surface area (Å²) in [5, 5.41) is 0.730. The molecule has 1 rings (SSSR count). The van der Waals surface area contributed by atoms with Crippen molar-refractivity contribution < 1.29 is 4.74 Å². The predicted molar refractivity (Wildman–Crippen MR) is 59.8 cm³/mol. The van der Waals surface area contributed by atoms with E-state index in [4.69, 9.17) is 22.1 Å². The Morgan fingerprint density at radius 1 is 1.36 bits per heavy atom. The maximum atomic E-state index is 5.74. The van der Waals surface area contributed by atoms with Gasteiger partial charge in [-0.05, 0) is 44.0 Å². The van der Waals surface area contributed by atoms with E-state index in [0.717, 1.165) is 23.6 Å². The van der Waals surface area contributed by atoms with E-state index in [1.807, 2.05) is 31.2 Å². The molecule has 2 nitrogen and oxygen atoms in total. The molecule has 1 aromatic rings. The van der Waals surface area contributed by atoms with Gasteiger partial charge in [-0.2, -0.15) is 0 Å². The van der Waals surface area contributed by atoms with Crippen molar-refractivity contribution in [3.05, 3.63) is 29.3 Å². The van der Waals surface area contributed by atoms with Gasteiger partial charge in [0.15, 0.2) is 0 Å². The van der Waals surface area contributed by atoms with E-state index >= 15 is 0 Å². The summed E-state index contributed by atoms with van der Waals surface area (Å²) in [4.78, 5) is 0. The molecule has 0 saturated heterocycles. The van der Waals surface area contributed by atoms with E-state index in [1.165, 1.54) is 0 Å². The van der Waals surface area contributed by atoms with Crippen LogP contribution in [0.4, 0.5) is 0 Å².